The molecule has 1 aliphatic heterocycles. The zero-order valence-electron chi connectivity index (χ0n) is 11.8. The fourth-order valence-electron chi connectivity index (χ4n) is 3.26. The van der Waals surface area contributed by atoms with Crippen molar-refractivity contribution in [1.82, 2.24) is 9.80 Å². The lowest BCUT2D eigenvalue weighted by Crippen LogP contribution is -2.57. The summed E-state index contributed by atoms with van der Waals surface area (Å²) < 4.78 is 0. The Labute approximate surface area is 106 Å². The number of nitrogens with two attached hydrogens (primary N) is 1. The number of hydrogen-bond acceptors (Lipinski definition) is 3. The molecule has 0 atom stereocenters. The maximum absolute atomic E-state index is 6.46. The molecule has 1 saturated carbocycles. The highest BCUT2D eigenvalue weighted by molar-refractivity contribution is 4.93. The molecule has 0 unspecified atom stereocenters. The molecule has 0 radical (unpaired) electrons. The number of piperazine rings is 1. The zero-order chi connectivity index (χ0) is 12.5. The van der Waals surface area contributed by atoms with Gasteiger partial charge in [0.25, 0.3) is 0 Å². The summed E-state index contributed by atoms with van der Waals surface area (Å²) in [6.07, 6.45) is 5.12. The van der Waals surface area contributed by atoms with Gasteiger partial charge in [0.2, 0.25) is 0 Å². The molecule has 0 amide bonds. The van der Waals surface area contributed by atoms with Crippen molar-refractivity contribution in [2.24, 2.45) is 5.73 Å². The quantitative estimate of drug-likeness (QED) is 0.796. The van der Waals surface area contributed by atoms with E-state index in [2.05, 4.69) is 30.6 Å². The summed E-state index contributed by atoms with van der Waals surface area (Å²) in [6, 6.07) is 0. The first kappa shape index (κ1) is 13.3. The van der Waals surface area contributed by atoms with Crippen LogP contribution in [-0.2, 0) is 0 Å². The van der Waals surface area contributed by atoms with Crippen LogP contribution in [0, 0.1) is 0 Å². The van der Waals surface area contributed by atoms with E-state index in [1.54, 1.807) is 0 Å². The highest BCUT2D eigenvalue weighted by Gasteiger charge is 2.33. The fraction of sp³-hybridized carbons (Fsp3) is 1.00. The van der Waals surface area contributed by atoms with Crippen LogP contribution in [0.25, 0.3) is 0 Å². The van der Waals surface area contributed by atoms with Gasteiger partial charge >= 0.3 is 0 Å². The lowest BCUT2D eigenvalue weighted by molar-refractivity contribution is 0.0524. The van der Waals surface area contributed by atoms with Crippen molar-refractivity contribution in [1.29, 1.82) is 0 Å². The van der Waals surface area contributed by atoms with Crippen molar-refractivity contribution in [3.05, 3.63) is 0 Å². The summed E-state index contributed by atoms with van der Waals surface area (Å²) in [5.74, 6) is 0. The molecule has 1 aliphatic carbocycles. The smallest absolute Gasteiger partial charge is 0.0283 e. The minimum atomic E-state index is 0.129. The molecule has 0 bridgehead atoms. The Balaban J connectivity index is 1.79. The van der Waals surface area contributed by atoms with E-state index >= 15 is 0 Å². The molecule has 0 aromatic heterocycles. The zero-order valence-corrected chi connectivity index (χ0v) is 11.8. The number of nitrogens with zero attached hydrogens (tertiary/aromatic N) is 2. The average molecular weight is 239 g/mol. The Kier molecular flexibility index (Phi) is 3.81. The molecule has 2 fully saturated rings. The molecule has 0 aromatic rings. The average Bonchev–Trinajstić information content (AvgIpc) is 2.64. The lowest BCUT2D eigenvalue weighted by Gasteiger charge is -2.44. The molecule has 2 rings (SSSR count). The van der Waals surface area contributed by atoms with E-state index in [4.69, 9.17) is 5.73 Å². The molecule has 1 heterocycles. The summed E-state index contributed by atoms with van der Waals surface area (Å²) >= 11 is 0. The van der Waals surface area contributed by atoms with Crippen LogP contribution in [0.2, 0.25) is 0 Å². The van der Waals surface area contributed by atoms with E-state index in [1.807, 2.05) is 0 Å². The summed E-state index contributed by atoms with van der Waals surface area (Å²) in [4.78, 5) is 5.16. The second kappa shape index (κ2) is 4.87. The molecular formula is C14H29N3. The maximum atomic E-state index is 6.46. The second-order valence-corrected chi connectivity index (χ2v) is 7.00. The van der Waals surface area contributed by atoms with Gasteiger partial charge < -0.3 is 5.73 Å². The van der Waals surface area contributed by atoms with E-state index in [9.17, 15) is 0 Å². The summed E-state index contributed by atoms with van der Waals surface area (Å²) in [7, 11) is 0. The third-order valence-electron chi connectivity index (χ3n) is 4.46. The van der Waals surface area contributed by atoms with E-state index < -0.39 is 0 Å². The van der Waals surface area contributed by atoms with Crippen molar-refractivity contribution in [3.63, 3.8) is 0 Å². The summed E-state index contributed by atoms with van der Waals surface area (Å²) in [5.41, 5.74) is 6.90. The van der Waals surface area contributed by atoms with Crippen LogP contribution in [0.3, 0.4) is 0 Å². The summed E-state index contributed by atoms with van der Waals surface area (Å²) in [5, 5.41) is 0. The highest BCUT2D eigenvalue weighted by Crippen LogP contribution is 2.28. The first-order valence-corrected chi connectivity index (χ1v) is 7.15. The molecular weight excluding hydrogens is 210 g/mol. The largest absolute Gasteiger partial charge is 0.324 e. The van der Waals surface area contributed by atoms with Gasteiger partial charge in [0, 0.05) is 43.8 Å². The monoisotopic (exact) mass is 239 g/mol. The van der Waals surface area contributed by atoms with E-state index in [1.165, 1.54) is 51.9 Å². The Morgan fingerprint density at radius 1 is 1.00 bits per heavy atom. The Morgan fingerprint density at radius 3 is 2.00 bits per heavy atom. The van der Waals surface area contributed by atoms with Gasteiger partial charge in [-0.25, -0.2) is 0 Å². The minimum Gasteiger partial charge on any atom is -0.324 e. The first-order chi connectivity index (χ1) is 7.89. The molecule has 100 valence electrons. The van der Waals surface area contributed by atoms with Crippen molar-refractivity contribution < 1.29 is 0 Å². The lowest BCUT2D eigenvalue weighted by atomic mass is 9.97. The fourth-order valence-corrected chi connectivity index (χ4v) is 3.26. The Hall–Kier alpha value is -0.120. The van der Waals surface area contributed by atoms with Gasteiger partial charge in [-0.15, -0.1) is 0 Å². The van der Waals surface area contributed by atoms with Crippen molar-refractivity contribution >= 4 is 0 Å². The third-order valence-corrected chi connectivity index (χ3v) is 4.46. The van der Waals surface area contributed by atoms with Crippen LogP contribution in [-0.4, -0.2) is 53.6 Å². The molecule has 0 aromatic carbocycles. The SMILES string of the molecule is CC(C)(C)N1CCN(CC2(N)CCCC2)CC1. The van der Waals surface area contributed by atoms with E-state index in [0.717, 1.165) is 6.54 Å². The Morgan fingerprint density at radius 2 is 1.53 bits per heavy atom. The van der Waals surface area contributed by atoms with Crippen LogP contribution >= 0.6 is 0 Å². The van der Waals surface area contributed by atoms with Gasteiger partial charge in [-0.1, -0.05) is 12.8 Å². The second-order valence-electron chi connectivity index (χ2n) is 7.00. The topological polar surface area (TPSA) is 32.5 Å². The van der Waals surface area contributed by atoms with Crippen LogP contribution in [0.5, 0.6) is 0 Å². The van der Waals surface area contributed by atoms with Crippen LogP contribution in [0.1, 0.15) is 46.5 Å². The molecule has 0 spiro atoms. The van der Waals surface area contributed by atoms with Gasteiger partial charge in [0.15, 0.2) is 0 Å². The van der Waals surface area contributed by atoms with Crippen LogP contribution < -0.4 is 5.73 Å². The van der Waals surface area contributed by atoms with Crippen molar-refractivity contribution in [3.8, 4) is 0 Å². The number of rotatable bonds is 2. The molecule has 1 saturated heterocycles. The molecule has 3 nitrogen and oxygen atoms in total. The highest BCUT2D eigenvalue weighted by atomic mass is 15.3. The predicted molar refractivity (Wildman–Crippen MR) is 73.2 cm³/mol. The normalized spacial score (nSPS) is 27.5. The standard InChI is InChI=1S/C14H29N3/c1-13(2,3)17-10-8-16(9-11-17)12-14(15)6-4-5-7-14/h4-12,15H2,1-3H3. The summed E-state index contributed by atoms with van der Waals surface area (Å²) in [6.45, 7) is 12.8. The van der Waals surface area contributed by atoms with Crippen LogP contribution in [0.4, 0.5) is 0 Å². The van der Waals surface area contributed by atoms with Crippen molar-refractivity contribution in [2.75, 3.05) is 32.7 Å². The predicted octanol–water partition coefficient (Wildman–Crippen LogP) is 1.67. The van der Waals surface area contributed by atoms with Gasteiger partial charge in [-0.3, -0.25) is 9.80 Å². The molecule has 2 N–H and O–H groups in total. The van der Waals surface area contributed by atoms with Gasteiger partial charge in [-0.05, 0) is 33.6 Å². The molecule has 3 heteroatoms. The van der Waals surface area contributed by atoms with E-state index in [-0.39, 0.29) is 5.54 Å². The Bertz CT molecular complexity index is 243. The van der Waals surface area contributed by atoms with Crippen molar-refractivity contribution in [2.45, 2.75) is 57.5 Å². The maximum Gasteiger partial charge on any atom is 0.0283 e. The molecule has 2 aliphatic rings. The van der Waals surface area contributed by atoms with Gasteiger partial charge in [0.1, 0.15) is 0 Å². The minimum absolute atomic E-state index is 0.129. The third kappa shape index (κ3) is 3.43. The number of hydrogen-bond donors (Lipinski definition) is 1. The first-order valence-electron chi connectivity index (χ1n) is 7.15. The van der Waals surface area contributed by atoms with E-state index in [0.29, 0.717) is 5.54 Å². The van der Waals surface area contributed by atoms with Crippen LogP contribution in [0.15, 0.2) is 0 Å². The van der Waals surface area contributed by atoms with Gasteiger partial charge in [0.05, 0.1) is 0 Å². The molecule has 17 heavy (non-hydrogen) atoms. The van der Waals surface area contributed by atoms with Gasteiger partial charge in [-0.2, -0.15) is 0 Å².